The minimum Gasteiger partial charge on any atom is -0.264 e. The first-order chi connectivity index (χ1) is 5.29. The maximum atomic E-state index is 3.88. The van der Waals surface area contributed by atoms with Gasteiger partial charge in [-0.25, -0.2) is 0 Å². The van der Waals surface area contributed by atoms with E-state index in [1.165, 1.54) is 5.56 Å². The highest BCUT2D eigenvalue weighted by Gasteiger charge is 1.97. The molecule has 1 aromatic carbocycles. The molecular weight excluding hydrogens is 134 g/mol. The van der Waals surface area contributed by atoms with Crippen molar-refractivity contribution in [3.05, 3.63) is 35.9 Å². The van der Waals surface area contributed by atoms with Gasteiger partial charge in [0.05, 0.1) is 5.69 Å². The largest absolute Gasteiger partial charge is 0.264 e. The number of rotatable bonds is 2. The van der Waals surface area contributed by atoms with Gasteiger partial charge in [0.1, 0.15) is 0 Å². The van der Waals surface area contributed by atoms with Crippen LogP contribution in [0.3, 0.4) is 0 Å². The molecule has 0 saturated heterocycles. The van der Waals surface area contributed by atoms with E-state index < -0.39 is 0 Å². The first-order valence-electron chi connectivity index (χ1n) is 3.48. The van der Waals surface area contributed by atoms with Crippen LogP contribution in [0.1, 0.15) is 11.1 Å². The number of nitrogens with zero attached hydrogens (tertiary/aromatic N) is 1. The van der Waals surface area contributed by atoms with E-state index in [1.807, 2.05) is 25.1 Å². The molecule has 0 saturated carbocycles. The molecule has 0 aromatic heterocycles. The summed E-state index contributed by atoms with van der Waals surface area (Å²) in [5.41, 5.74) is 3.16. The Balaban J connectivity index is 3.35. The van der Waals surface area contributed by atoms with Gasteiger partial charge in [0.25, 0.3) is 0 Å². The van der Waals surface area contributed by atoms with Crippen molar-refractivity contribution in [2.45, 2.75) is 6.92 Å². The second-order valence-electron chi connectivity index (χ2n) is 2.37. The normalized spacial score (nSPS) is 9.18. The molecule has 0 unspecified atom stereocenters. The Morgan fingerprint density at radius 3 is 2.64 bits per heavy atom. The van der Waals surface area contributed by atoms with Crippen molar-refractivity contribution in [2.75, 3.05) is 0 Å². The molecule has 0 aliphatic heterocycles. The monoisotopic (exact) mass is 145 g/mol. The number of aryl methyl sites for hydroxylation is 1. The van der Waals surface area contributed by atoms with Gasteiger partial charge in [-0.1, -0.05) is 24.8 Å². The molecule has 0 aliphatic carbocycles. The van der Waals surface area contributed by atoms with Gasteiger partial charge in [0.2, 0.25) is 0 Å². The van der Waals surface area contributed by atoms with Gasteiger partial charge in [-0.15, -0.1) is 0 Å². The van der Waals surface area contributed by atoms with Gasteiger partial charge < -0.3 is 0 Å². The van der Waals surface area contributed by atoms with Crippen LogP contribution in [0.25, 0.3) is 6.08 Å². The standard InChI is InChI=1S/C10H11N/c1-4-9-8(2)6-5-7-10(9)11-3/h4-7H,1,3H2,2H3. The van der Waals surface area contributed by atoms with Crippen molar-refractivity contribution in [2.24, 2.45) is 4.99 Å². The van der Waals surface area contributed by atoms with Gasteiger partial charge in [0.15, 0.2) is 0 Å². The van der Waals surface area contributed by atoms with Gasteiger partial charge >= 0.3 is 0 Å². The summed E-state index contributed by atoms with van der Waals surface area (Å²) >= 11 is 0. The molecule has 56 valence electrons. The van der Waals surface area contributed by atoms with Gasteiger partial charge in [0, 0.05) is 5.56 Å². The van der Waals surface area contributed by atoms with Crippen LogP contribution in [-0.2, 0) is 0 Å². The summed E-state index contributed by atoms with van der Waals surface area (Å²) in [6.07, 6.45) is 1.80. The second kappa shape index (κ2) is 3.15. The van der Waals surface area contributed by atoms with Crippen LogP contribution in [0.4, 0.5) is 5.69 Å². The molecule has 0 amide bonds. The molecule has 0 aliphatic rings. The zero-order valence-electron chi connectivity index (χ0n) is 6.67. The maximum absolute atomic E-state index is 3.88. The molecule has 1 nitrogen and oxygen atoms in total. The van der Waals surface area contributed by atoms with Gasteiger partial charge in [-0.05, 0) is 25.3 Å². The lowest BCUT2D eigenvalue weighted by molar-refractivity contribution is 1.41. The van der Waals surface area contributed by atoms with Crippen LogP contribution in [0.15, 0.2) is 29.8 Å². The molecule has 11 heavy (non-hydrogen) atoms. The quantitative estimate of drug-likeness (QED) is 0.567. The summed E-state index contributed by atoms with van der Waals surface area (Å²) in [6.45, 7) is 9.23. The highest BCUT2D eigenvalue weighted by molar-refractivity contribution is 5.67. The molecular formula is C10H11N. The Labute approximate surface area is 67.1 Å². The van der Waals surface area contributed by atoms with E-state index in [2.05, 4.69) is 18.3 Å². The predicted octanol–water partition coefficient (Wildman–Crippen LogP) is 2.97. The average Bonchev–Trinajstić information content (AvgIpc) is 2.04. The smallest absolute Gasteiger partial charge is 0.0697 e. The Morgan fingerprint density at radius 2 is 2.18 bits per heavy atom. The van der Waals surface area contributed by atoms with E-state index in [4.69, 9.17) is 0 Å². The zero-order chi connectivity index (χ0) is 8.27. The first kappa shape index (κ1) is 7.73. The molecule has 0 bridgehead atoms. The highest BCUT2D eigenvalue weighted by Crippen LogP contribution is 2.22. The van der Waals surface area contributed by atoms with E-state index in [9.17, 15) is 0 Å². The van der Waals surface area contributed by atoms with Crippen LogP contribution < -0.4 is 0 Å². The van der Waals surface area contributed by atoms with Crippen molar-refractivity contribution in [3.63, 3.8) is 0 Å². The van der Waals surface area contributed by atoms with Crippen LogP contribution in [-0.4, -0.2) is 6.72 Å². The van der Waals surface area contributed by atoms with Crippen molar-refractivity contribution in [3.8, 4) is 0 Å². The molecule has 0 fully saturated rings. The summed E-state index contributed by atoms with van der Waals surface area (Å²) in [4.78, 5) is 3.88. The summed E-state index contributed by atoms with van der Waals surface area (Å²) < 4.78 is 0. The molecule has 1 rings (SSSR count). The van der Waals surface area contributed by atoms with Crippen LogP contribution in [0.5, 0.6) is 0 Å². The first-order valence-corrected chi connectivity index (χ1v) is 3.48. The number of benzene rings is 1. The fourth-order valence-electron chi connectivity index (χ4n) is 1.07. The van der Waals surface area contributed by atoms with Gasteiger partial charge in [-0.2, -0.15) is 0 Å². The lowest BCUT2D eigenvalue weighted by atomic mass is 10.1. The maximum Gasteiger partial charge on any atom is 0.0697 e. The fraction of sp³-hybridized carbons (Fsp3) is 0.100. The molecule has 1 heteroatoms. The lowest BCUT2D eigenvalue weighted by Gasteiger charge is -2.02. The number of hydrogen-bond acceptors (Lipinski definition) is 1. The van der Waals surface area contributed by atoms with E-state index in [1.54, 1.807) is 6.08 Å². The van der Waals surface area contributed by atoms with Crippen molar-refractivity contribution in [1.82, 2.24) is 0 Å². The highest BCUT2D eigenvalue weighted by atomic mass is 14.7. The average molecular weight is 145 g/mol. The van der Waals surface area contributed by atoms with E-state index in [0.29, 0.717) is 0 Å². The molecule has 0 heterocycles. The van der Waals surface area contributed by atoms with Crippen LogP contribution >= 0.6 is 0 Å². The molecule has 0 radical (unpaired) electrons. The van der Waals surface area contributed by atoms with Crippen molar-refractivity contribution < 1.29 is 0 Å². The number of hydrogen-bond donors (Lipinski definition) is 0. The Bertz CT molecular complexity index is 287. The SMILES string of the molecule is C=Cc1c(C)cccc1N=C. The van der Waals surface area contributed by atoms with E-state index >= 15 is 0 Å². The second-order valence-corrected chi connectivity index (χ2v) is 2.37. The van der Waals surface area contributed by atoms with Crippen molar-refractivity contribution in [1.29, 1.82) is 0 Å². The predicted molar refractivity (Wildman–Crippen MR) is 50.5 cm³/mol. The minimum absolute atomic E-state index is 0.903. The van der Waals surface area contributed by atoms with Gasteiger partial charge in [-0.3, -0.25) is 4.99 Å². The third kappa shape index (κ3) is 1.37. The third-order valence-corrected chi connectivity index (χ3v) is 1.68. The minimum atomic E-state index is 0.903. The summed E-state index contributed by atoms with van der Waals surface area (Å²) in [5.74, 6) is 0. The van der Waals surface area contributed by atoms with E-state index in [-0.39, 0.29) is 0 Å². The third-order valence-electron chi connectivity index (χ3n) is 1.68. The van der Waals surface area contributed by atoms with Crippen LogP contribution in [0.2, 0.25) is 0 Å². The molecule has 0 spiro atoms. The van der Waals surface area contributed by atoms with Crippen molar-refractivity contribution >= 4 is 18.5 Å². The topological polar surface area (TPSA) is 12.4 Å². The number of aliphatic imine (C=N–C) groups is 1. The summed E-state index contributed by atoms with van der Waals surface area (Å²) in [5, 5.41) is 0. The Morgan fingerprint density at radius 1 is 1.45 bits per heavy atom. The Hall–Kier alpha value is -1.37. The molecule has 0 atom stereocenters. The summed E-state index contributed by atoms with van der Waals surface area (Å²) in [7, 11) is 0. The fourth-order valence-corrected chi connectivity index (χ4v) is 1.07. The van der Waals surface area contributed by atoms with E-state index in [0.717, 1.165) is 11.3 Å². The lowest BCUT2D eigenvalue weighted by Crippen LogP contribution is -1.79. The van der Waals surface area contributed by atoms with Crippen LogP contribution in [0, 0.1) is 6.92 Å². The molecule has 0 N–H and O–H groups in total. The molecule has 1 aromatic rings. The summed E-state index contributed by atoms with van der Waals surface area (Å²) in [6, 6.07) is 5.93. The zero-order valence-corrected chi connectivity index (χ0v) is 6.67. The Kier molecular flexibility index (Phi) is 2.21.